The van der Waals surface area contributed by atoms with Crippen molar-refractivity contribution in [3.63, 3.8) is 0 Å². The molecule has 6 heteroatoms. The van der Waals surface area contributed by atoms with Gasteiger partial charge in [0.15, 0.2) is 0 Å². The summed E-state index contributed by atoms with van der Waals surface area (Å²) in [5.74, 6) is -0.0782. The maximum atomic E-state index is 11.2. The van der Waals surface area contributed by atoms with Gasteiger partial charge in [-0.3, -0.25) is 4.55 Å². The molecule has 0 bridgehead atoms. The Bertz CT molecular complexity index is 707. The van der Waals surface area contributed by atoms with Crippen molar-refractivity contribution in [2.24, 2.45) is 0 Å². The third-order valence-corrected chi connectivity index (χ3v) is 3.54. The van der Waals surface area contributed by atoms with Crippen LogP contribution in [-0.2, 0) is 10.1 Å². The van der Waals surface area contributed by atoms with E-state index < -0.39 is 10.1 Å². The zero-order chi connectivity index (χ0) is 12.8. The van der Waals surface area contributed by atoms with Gasteiger partial charge in [0.2, 0.25) is 0 Å². The summed E-state index contributed by atoms with van der Waals surface area (Å²) >= 11 is 0. The van der Waals surface area contributed by atoms with Crippen LogP contribution >= 0.6 is 0 Å². The maximum absolute atomic E-state index is 11.2. The number of hydrogen-bond donors (Lipinski definition) is 3. The van der Waals surface area contributed by atoms with Crippen molar-refractivity contribution >= 4 is 26.6 Å². The van der Waals surface area contributed by atoms with Gasteiger partial charge >= 0.3 is 0 Å². The first-order valence-electron chi connectivity index (χ1n) is 4.80. The minimum absolute atomic E-state index is 0.0782. The molecule has 0 aromatic heterocycles. The van der Waals surface area contributed by atoms with E-state index in [1.165, 1.54) is 18.2 Å². The highest BCUT2D eigenvalue weighted by atomic mass is 32.2. The summed E-state index contributed by atoms with van der Waals surface area (Å²) in [4.78, 5) is -0.267. The van der Waals surface area contributed by atoms with E-state index in [0.717, 1.165) is 0 Å². The number of hydrogen-bond acceptors (Lipinski definition) is 4. The molecule has 0 saturated carbocycles. The van der Waals surface area contributed by atoms with Crippen molar-refractivity contribution in [3.05, 3.63) is 29.8 Å². The summed E-state index contributed by atoms with van der Waals surface area (Å²) in [7, 11) is -4.34. The molecule has 0 spiro atoms. The number of rotatable bonds is 1. The smallest absolute Gasteiger partial charge is 0.295 e. The van der Waals surface area contributed by atoms with E-state index in [-0.39, 0.29) is 27.1 Å². The van der Waals surface area contributed by atoms with Crippen LogP contribution in [0.25, 0.3) is 10.8 Å². The van der Waals surface area contributed by atoms with Gasteiger partial charge in [-0.05, 0) is 24.6 Å². The Labute approximate surface area is 98.2 Å². The average Bonchev–Trinajstić information content (AvgIpc) is 2.21. The van der Waals surface area contributed by atoms with E-state index >= 15 is 0 Å². The van der Waals surface area contributed by atoms with Crippen LogP contribution in [0, 0.1) is 6.92 Å². The molecule has 0 fully saturated rings. The van der Waals surface area contributed by atoms with Gasteiger partial charge in [0, 0.05) is 16.5 Å². The SMILES string of the molecule is Cc1ccc2c(S(=O)(=O)O)ccc(N)c2c1O. The van der Waals surface area contributed by atoms with Crippen molar-refractivity contribution < 1.29 is 18.1 Å². The molecule has 0 saturated heterocycles. The van der Waals surface area contributed by atoms with Crippen LogP contribution in [-0.4, -0.2) is 18.1 Å². The van der Waals surface area contributed by atoms with E-state index in [9.17, 15) is 13.5 Å². The Hall–Kier alpha value is -1.79. The molecule has 0 aliphatic rings. The monoisotopic (exact) mass is 253 g/mol. The summed E-state index contributed by atoms with van der Waals surface area (Å²) in [5.41, 5.74) is 6.54. The fraction of sp³-hybridized carbons (Fsp3) is 0.0909. The minimum atomic E-state index is -4.34. The van der Waals surface area contributed by atoms with Crippen molar-refractivity contribution in [1.29, 1.82) is 0 Å². The molecule has 2 aromatic carbocycles. The number of fused-ring (bicyclic) bond motifs is 1. The van der Waals surface area contributed by atoms with Crippen LogP contribution in [0.1, 0.15) is 5.56 Å². The van der Waals surface area contributed by atoms with Crippen LogP contribution in [0.15, 0.2) is 29.2 Å². The molecule has 0 aliphatic carbocycles. The van der Waals surface area contributed by atoms with Crippen molar-refractivity contribution in [2.75, 3.05) is 5.73 Å². The molecule has 17 heavy (non-hydrogen) atoms. The van der Waals surface area contributed by atoms with E-state index in [2.05, 4.69) is 0 Å². The molecule has 0 unspecified atom stereocenters. The molecule has 0 radical (unpaired) electrons. The third kappa shape index (κ3) is 1.81. The summed E-state index contributed by atoms with van der Waals surface area (Å²) in [5, 5.41) is 10.3. The Morgan fingerprint density at radius 3 is 2.41 bits per heavy atom. The highest BCUT2D eigenvalue weighted by Crippen LogP contribution is 2.36. The van der Waals surface area contributed by atoms with Crippen molar-refractivity contribution in [2.45, 2.75) is 11.8 Å². The zero-order valence-corrected chi connectivity index (χ0v) is 9.82. The van der Waals surface area contributed by atoms with E-state index in [4.69, 9.17) is 10.3 Å². The topological polar surface area (TPSA) is 101 Å². The molecule has 5 nitrogen and oxygen atoms in total. The molecule has 0 heterocycles. The van der Waals surface area contributed by atoms with Gasteiger partial charge in [0.1, 0.15) is 10.6 Å². The van der Waals surface area contributed by atoms with Crippen LogP contribution in [0.3, 0.4) is 0 Å². The van der Waals surface area contributed by atoms with Gasteiger partial charge in [-0.2, -0.15) is 8.42 Å². The maximum Gasteiger partial charge on any atom is 0.295 e. The van der Waals surface area contributed by atoms with Crippen LogP contribution in [0.5, 0.6) is 5.75 Å². The van der Waals surface area contributed by atoms with Crippen molar-refractivity contribution in [3.8, 4) is 5.75 Å². The highest BCUT2D eigenvalue weighted by Gasteiger charge is 2.17. The summed E-state index contributed by atoms with van der Waals surface area (Å²) in [6, 6.07) is 5.61. The molecule has 4 N–H and O–H groups in total. The normalized spacial score (nSPS) is 11.9. The second-order valence-electron chi connectivity index (χ2n) is 3.78. The fourth-order valence-electron chi connectivity index (χ4n) is 1.76. The zero-order valence-electron chi connectivity index (χ0n) is 9.01. The standard InChI is InChI=1S/C11H11NO4S/c1-6-2-3-7-9(17(14,15)16)5-4-8(12)10(7)11(6)13/h2-5,13H,12H2,1H3,(H,14,15,16). The number of phenols is 1. The fourth-order valence-corrected chi connectivity index (χ4v) is 2.44. The Morgan fingerprint density at radius 2 is 1.82 bits per heavy atom. The van der Waals surface area contributed by atoms with E-state index in [1.54, 1.807) is 13.0 Å². The predicted octanol–water partition coefficient (Wildman–Crippen LogP) is 1.68. The molecule has 0 amide bonds. The second kappa shape index (κ2) is 3.61. The first-order valence-corrected chi connectivity index (χ1v) is 6.24. The summed E-state index contributed by atoms with van der Waals surface area (Å²) < 4.78 is 31.5. The Morgan fingerprint density at radius 1 is 1.18 bits per heavy atom. The largest absolute Gasteiger partial charge is 0.507 e. The number of anilines is 1. The lowest BCUT2D eigenvalue weighted by molar-refractivity contribution is 0.477. The van der Waals surface area contributed by atoms with Crippen LogP contribution in [0.2, 0.25) is 0 Å². The average molecular weight is 253 g/mol. The van der Waals surface area contributed by atoms with Gasteiger partial charge in [0.25, 0.3) is 10.1 Å². The molecule has 2 rings (SSSR count). The summed E-state index contributed by atoms with van der Waals surface area (Å²) in [6.45, 7) is 1.67. The Balaban J connectivity index is 3.04. The predicted molar refractivity (Wildman–Crippen MR) is 64.6 cm³/mol. The highest BCUT2D eigenvalue weighted by molar-refractivity contribution is 7.86. The van der Waals surface area contributed by atoms with E-state index in [1.807, 2.05) is 0 Å². The van der Waals surface area contributed by atoms with E-state index in [0.29, 0.717) is 5.56 Å². The van der Waals surface area contributed by atoms with Crippen LogP contribution in [0.4, 0.5) is 5.69 Å². The lowest BCUT2D eigenvalue weighted by Crippen LogP contribution is -2.00. The first-order chi connectivity index (χ1) is 7.82. The Kier molecular flexibility index (Phi) is 2.48. The number of aryl methyl sites for hydroxylation is 1. The van der Waals surface area contributed by atoms with Crippen molar-refractivity contribution in [1.82, 2.24) is 0 Å². The lowest BCUT2D eigenvalue weighted by Gasteiger charge is -2.10. The quantitative estimate of drug-likeness (QED) is 0.530. The summed E-state index contributed by atoms with van der Waals surface area (Å²) in [6.07, 6.45) is 0. The molecule has 2 aromatic rings. The van der Waals surface area contributed by atoms with Gasteiger partial charge < -0.3 is 10.8 Å². The number of aromatic hydroxyl groups is 1. The molecular formula is C11H11NO4S. The number of benzene rings is 2. The number of nitrogens with two attached hydrogens (primary N) is 1. The lowest BCUT2D eigenvalue weighted by atomic mass is 10.0. The van der Waals surface area contributed by atoms with Crippen LogP contribution < -0.4 is 5.73 Å². The molecule has 0 atom stereocenters. The van der Waals surface area contributed by atoms with Gasteiger partial charge in [-0.15, -0.1) is 0 Å². The second-order valence-corrected chi connectivity index (χ2v) is 5.17. The number of nitrogen functional groups attached to an aromatic ring is 1. The molecular weight excluding hydrogens is 242 g/mol. The molecule has 90 valence electrons. The third-order valence-electron chi connectivity index (χ3n) is 2.63. The van der Waals surface area contributed by atoms with Gasteiger partial charge in [-0.1, -0.05) is 12.1 Å². The van der Waals surface area contributed by atoms with Gasteiger partial charge in [-0.25, -0.2) is 0 Å². The first kappa shape index (κ1) is 11.7. The minimum Gasteiger partial charge on any atom is -0.507 e. The molecule has 0 aliphatic heterocycles. The number of phenolic OH excluding ortho intramolecular Hbond substituents is 1. The van der Waals surface area contributed by atoms with Gasteiger partial charge in [0.05, 0.1) is 0 Å².